The number of likely N-dealkylation sites (tertiary alicyclic amines) is 1. The normalized spacial score (nSPS) is 32.4. The Bertz CT molecular complexity index is 471. The molecule has 0 spiro atoms. The van der Waals surface area contributed by atoms with Crippen molar-refractivity contribution in [2.45, 2.75) is 44.5 Å². The molecule has 0 radical (unpaired) electrons. The van der Waals surface area contributed by atoms with E-state index >= 15 is 0 Å². The van der Waals surface area contributed by atoms with Gasteiger partial charge in [-0.25, -0.2) is 9.59 Å². The highest BCUT2D eigenvalue weighted by Crippen LogP contribution is 2.31. The summed E-state index contributed by atoms with van der Waals surface area (Å²) >= 11 is 0. The van der Waals surface area contributed by atoms with Crippen LogP contribution in [0.4, 0.5) is 0 Å². The quantitative estimate of drug-likeness (QED) is 0.230. The van der Waals surface area contributed by atoms with Gasteiger partial charge in [-0.05, 0) is 13.8 Å². The molecule has 0 aromatic rings. The van der Waals surface area contributed by atoms with E-state index in [1.54, 1.807) is 13.8 Å². The van der Waals surface area contributed by atoms with Crippen LogP contribution in [0.15, 0.2) is 11.8 Å². The summed E-state index contributed by atoms with van der Waals surface area (Å²) in [5, 5.41) is 29.5. The second kappa shape index (κ2) is 7.26. The maximum absolute atomic E-state index is 11.9. The fourth-order valence-corrected chi connectivity index (χ4v) is 2.57. The highest BCUT2D eigenvalue weighted by Gasteiger charge is 2.51. The van der Waals surface area contributed by atoms with Gasteiger partial charge in [-0.3, -0.25) is 0 Å². The molecule has 9 heteroatoms. The molecule has 3 N–H and O–H groups in total. The van der Waals surface area contributed by atoms with Crippen molar-refractivity contribution in [1.29, 1.82) is 0 Å². The lowest BCUT2D eigenvalue weighted by molar-refractivity contribution is -0.205. The zero-order valence-corrected chi connectivity index (χ0v) is 12.9. The minimum atomic E-state index is -1.38. The zero-order chi connectivity index (χ0) is 17.1. The van der Waals surface area contributed by atoms with Crippen molar-refractivity contribution in [3.8, 4) is 0 Å². The second-order valence-electron chi connectivity index (χ2n) is 5.22. The Kier molecular flexibility index (Phi) is 5.58. The topological polar surface area (TPSA) is 126 Å². The summed E-state index contributed by atoms with van der Waals surface area (Å²) in [7, 11) is 0. The number of carbonyl (C=O) groups is 2. The molecule has 2 heterocycles. The Morgan fingerprint density at radius 2 is 1.65 bits per heavy atom. The minimum Gasteiger partial charge on any atom is -0.462 e. The summed E-state index contributed by atoms with van der Waals surface area (Å²) in [4.78, 5) is 25.2. The van der Waals surface area contributed by atoms with Crippen LogP contribution >= 0.6 is 0 Å². The Balaban J connectivity index is 2.25. The highest BCUT2D eigenvalue weighted by atomic mass is 16.6. The van der Waals surface area contributed by atoms with E-state index in [1.807, 2.05) is 0 Å². The van der Waals surface area contributed by atoms with Gasteiger partial charge >= 0.3 is 11.9 Å². The lowest BCUT2D eigenvalue weighted by atomic mass is 10.0. The van der Waals surface area contributed by atoms with Crippen LogP contribution in [0.25, 0.3) is 0 Å². The van der Waals surface area contributed by atoms with E-state index in [9.17, 15) is 24.9 Å². The van der Waals surface area contributed by atoms with Crippen LogP contribution in [0.1, 0.15) is 13.8 Å². The van der Waals surface area contributed by atoms with Gasteiger partial charge in [-0.1, -0.05) is 0 Å². The van der Waals surface area contributed by atoms with Crippen molar-refractivity contribution in [3.05, 3.63) is 11.8 Å². The summed E-state index contributed by atoms with van der Waals surface area (Å²) in [6, 6.07) is 0. The third kappa shape index (κ3) is 3.47. The van der Waals surface area contributed by atoms with Crippen molar-refractivity contribution in [1.82, 2.24) is 4.90 Å². The van der Waals surface area contributed by atoms with E-state index in [0.29, 0.717) is 0 Å². The second-order valence-corrected chi connectivity index (χ2v) is 5.22. The van der Waals surface area contributed by atoms with Gasteiger partial charge in [0.15, 0.2) is 11.8 Å². The Labute approximate surface area is 133 Å². The number of aliphatic hydroxyl groups is 3. The van der Waals surface area contributed by atoms with Crippen molar-refractivity contribution in [2.75, 3.05) is 19.8 Å². The molecule has 2 rings (SSSR count). The molecule has 0 aliphatic carbocycles. The molecule has 2 saturated heterocycles. The zero-order valence-electron chi connectivity index (χ0n) is 12.9. The molecule has 0 aromatic heterocycles. The maximum atomic E-state index is 11.9. The molecular formula is C14H21NO8. The Morgan fingerprint density at radius 3 is 2.17 bits per heavy atom. The van der Waals surface area contributed by atoms with Gasteiger partial charge in [-0.2, -0.15) is 0 Å². The first-order valence-electron chi connectivity index (χ1n) is 7.42. The summed E-state index contributed by atoms with van der Waals surface area (Å²) in [6.07, 6.45) is -4.54. The van der Waals surface area contributed by atoms with E-state index in [1.165, 1.54) is 11.1 Å². The first kappa shape index (κ1) is 17.7. The van der Waals surface area contributed by atoms with Gasteiger partial charge in [0, 0.05) is 12.7 Å². The van der Waals surface area contributed by atoms with E-state index in [0.717, 1.165) is 0 Å². The number of esters is 2. The molecule has 0 aromatic carbocycles. The summed E-state index contributed by atoms with van der Waals surface area (Å²) in [5.41, 5.74) is -0.346. The highest BCUT2D eigenvalue weighted by molar-refractivity contribution is 6.13. The third-order valence-electron chi connectivity index (χ3n) is 3.69. The first-order chi connectivity index (χ1) is 10.9. The lowest BCUT2D eigenvalue weighted by Crippen LogP contribution is -2.54. The monoisotopic (exact) mass is 331 g/mol. The molecule has 2 fully saturated rings. The maximum Gasteiger partial charge on any atom is 0.347 e. The average Bonchev–Trinajstić information content (AvgIpc) is 2.90. The predicted octanol–water partition coefficient (Wildman–Crippen LogP) is -1.88. The average molecular weight is 331 g/mol. The Hall–Kier alpha value is -1.68. The van der Waals surface area contributed by atoms with Gasteiger partial charge < -0.3 is 34.4 Å². The number of hydrogen-bond acceptors (Lipinski definition) is 9. The van der Waals surface area contributed by atoms with Crippen molar-refractivity contribution >= 4 is 11.9 Å². The van der Waals surface area contributed by atoms with Crippen LogP contribution in [0.5, 0.6) is 0 Å². The van der Waals surface area contributed by atoms with E-state index in [-0.39, 0.29) is 25.3 Å². The van der Waals surface area contributed by atoms with Crippen molar-refractivity contribution < 1.29 is 39.1 Å². The molecule has 0 amide bonds. The van der Waals surface area contributed by atoms with Crippen molar-refractivity contribution in [3.63, 3.8) is 0 Å². The number of rotatable bonds is 5. The molecule has 2 bridgehead atoms. The number of ether oxygens (including phenoxy) is 3. The molecular weight excluding hydrogens is 310 g/mol. The summed E-state index contributed by atoms with van der Waals surface area (Å²) < 4.78 is 15.1. The smallest absolute Gasteiger partial charge is 0.347 e. The molecule has 130 valence electrons. The first-order valence-corrected chi connectivity index (χ1v) is 7.42. The van der Waals surface area contributed by atoms with Gasteiger partial charge in [0.2, 0.25) is 0 Å². The number of fused-ring (bicyclic) bond motifs is 2. The van der Waals surface area contributed by atoms with Crippen molar-refractivity contribution in [2.24, 2.45) is 0 Å². The number of nitrogens with zero attached hydrogens (tertiary/aromatic N) is 1. The molecule has 9 nitrogen and oxygen atoms in total. The molecule has 23 heavy (non-hydrogen) atoms. The van der Waals surface area contributed by atoms with E-state index in [2.05, 4.69) is 0 Å². The fourth-order valence-electron chi connectivity index (χ4n) is 2.57. The van der Waals surface area contributed by atoms with E-state index < -0.39 is 42.6 Å². The minimum absolute atomic E-state index is 0.0815. The Morgan fingerprint density at radius 1 is 1.09 bits per heavy atom. The largest absolute Gasteiger partial charge is 0.462 e. The lowest BCUT2D eigenvalue weighted by Gasteiger charge is -2.34. The van der Waals surface area contributed by atoms with Crippen LogP contribution in [0.2, 0.25) is 0 Å². The number of carbonyl (C=O) groups excluding carboxylic acids is 2. The van der Waals surface area contributed by atoms with Crippen LogP contribution < -0.4 is 0 Å². The molecule has 5 atom stereocenters. The molecule has 0 saturated carbocycles. The van der Waals surface area contributed by atoms with Gasteiger partial charge in [0.25, 0.3) is 0 Å². The molecule has 0 unspecified atom stereocenters. The predicted molar refractivity (Wildman–Crippen MR) is 74.7 cm³/mol. The standard InChI is InChI=1S/C14H21NO8/c1-3-21-13(19)7(14(20)22-4-2)5-15-6-8-9(16)10(17)11(18)12(15)23-8/h5,8-12,16-18H,3-4,6H2,1-2H3/t8-,9-,10+,11-,12-/m1/s1. The van der Waals surface area contributed by atoms with Gasteiger partial charge in [0.05, 0.1) is 13.2 Å². The van der Waals surface area contributed by atoms with Gasteiger partial charge in [-0.15, -0.1) is 0 Å². The van der Waals surface area contributed by atoms with E-state index in [4.69, 9.17) is 14.2 Å². The SMILES string of the molecule is CCOC(=O)C(=CN1C[C@H]2O[C@@H]1[C@H](O)[C@@H](O)[C@@H]2O)C(=O)OCC. The van der Waals surface area contributed by atoms with Crippen LogP contribution in [0, 0.1) is 0 Å². The number of hydrogen-bond donors (Lipinski definition) is 3. The van der Waals surface area contributed by atoms with Crippen LogP contribution in [-0.2, 0) is 23.8 Å². The van der Waals surface area contributed by atoms with Crippen LogP contribution in [-0.4, -0.2) is 82.6 Å². The summed E-state index contributed by atoms with van der Waals surface area (Å²) in [5.74, 6) is -1.72. The van der Waals surface area contributed by atoms with Gasteiger partial charge in [0.1, 0.15) is 24.4 Å². The fraction of sp³-hybridized carbons (Fsp3) is 0.714. The number of aliphatic hydroxyl groups excluding tert-OH is 3. The molecule has 2 aliphatic heterocycles. The molecule has 2 aliphatic rings. The van der Waals surface area contributed by atoms with Crippen LogP contribution in [0.3, 0.4) is 0 Å². The third-order valence-corrected chi connectivity index (χ3v) is 3.69. The summed E-state index contributed by atoms with van der Waals surface area (Å²) in [6.45, 7) is 3.46.